The van der Waals surface area contributed by atoms with E-state index in [0.717, 1.165) is 29.5 Å². The number of benzene rings is 1. The van der Waals surface area contributed by atoms with Crippen molar-refractivity contribution in [3.63, 3.8) is 0 Å². The van der Waals surface area contributed by atoms with Crippen LogP contribution in [0.3, 0.4) is 0 Å². The maximum absolute atomic E-state index is 11.9. The quantitative estimate of drug-likeness (QED) is 0.641. The maximum atomic E-state index is 11.9. The van der Waals surface area contributed by atoms with E-state index in [1.54, 1.807) is 11.4 Å². The molecule has 2 aromatic rings. The van der Waals surface area contributed by atoms with Crippen LogP contribution in [0, 0.1) is 20.2 Å². The first kappa shape index (κ1) is 16.0. The summed E-state index contributed by atoms with van der Waals surface area (Å²) in [6, 6.07) is 5.66. The molecule has 0 saturated heterocycles. The number of carbonyl (C=O) groups excluding carboxylic acids is 2. The number of nitrogens with one attached hydrogen (secondary N) is 2. The minimum atomic E-state index is -0.915. The Morgan fingerprint density at radius 3 is 2.00 bits per heavy atom. The van der Waals surface area contributed by atoms with Gasteiger partial charge in [-0.25, -0.2) is 0 Å². The van der Waals surface area contributed by atoms with Gasteiger partial charge >= 0.3 is 0 Å². The van der Waals surface area contributed by atoms with Crippen LogP contribution in [-0.4, -0.2) is 21.7 Å². The molecule has 0 bridgehead atoms. The zero-order valence-electron chi connectivity index (χ0n) is 11.2. The Morgan fingerprint density at radius 2 is 1.52 bits per heavy atom. The van der Waals surface area contributed by atoms with Gasteiger partial charge in [-0.05, 0) is 11.4 Å². The Bertz CT molecular complexity index is 757. The van der Waals surface area contributed by atoms with Crippen molar-refractivity contribution < 1.29 is 19.4 Å². The molecule has 0 fully saturated rings. The number of nitro benzene ring substituents is 2. The van der Waals surface area contributed by atoms with E-state index in [1.165, 1.54) is 6.07 Å². The van der Waals surface area contributed by atoms with Crippen LogP contribution >= 0.6 is 11.3 Å². The van der Waals surface area contributed by atoms with Crippen molar-refractivity contribution in [2.75, 3.05) is 0 Å². The molecule has 2 N–H and O–H groups in total. The number of hydrogen-bond acceptors (Lipinski definition) is 7. The lowest BCUT2D eigenvalue weighted by Crippen LogP contribution is -2.41. The van der Waals surface area contributed by atoms with E-state index >= 15 is 0 Å². The number of nitro groups is 2. The summed E-state index contributed by atoms with van der Waals surface area (Å²) in [6.07, 6.45) is 0. The number of non-ortho nitro benzene ring substituents is 2. The molecule has 0 saturated carbocycles. The van der Waals surface area contributed by atoms with Gasteiger partial charge < -0.3 is 0 Å². The summed E-state index contributed by atoms with van der Waals surface area (Å²) in [5.74, 6) is -1.49. The van der Waals surface area contributed by atoms with Gasteiger partial charge in [-0.15, -0.1) is 11.3 Å². The van der Waals surface area contributed by atoms with Crippen LogP contribution in [0.4, 0.5) is 11.4 Å². The molecule has 0 aliphatic carbocycles. The van der Waals surface area contributed by atoms with Gasteiger partial charge in [-0.3, -0.25) is 40.7 Å². The monoisotopic (exact) mass is 336 g/mol. The molecule has 1 heterocycles. The van der Waals surface area contributed by atoms with E-state index in [1.807, 2.05) is 5.43 Å². The number of hydrogen-bond donors (Lipinski definition) is 2. The largest absolute Gasteiger partial charge is 0.279 e. The highest BCUT2D eigenvalue weighted by Gasteiger charge is 2.20. The van der Waals surface area contributed by atoms with Crippen LogP contribution in [0.1, 0.15) is 20.0 Å². The first-order valence-corrected chi connectivity index (χ1v) is 6.84. The fourth-order valence-corrected chi connectivity index (χ4v) is 2.21. The van der Waals surface area contributed by atoms with E-state index in [9.17, 15) is 29.8 Å². The Kier molecular flexibility index (Phi) is 4.61. The van der Waals surface area contributed by atoms with Crippen LogP contribution in [-0.2, 0) is 0 Å². The van der Waals surface area contributed by atoms with Crippen LogP contribution in [0.25, 0.3) is 0 Å². The number of carbonyl (C=O) groups is 2. The number of rotatable bonds is 4. The van der Waals surface area contributed by atoms with E-state index < -0.39 is 33.0 Å². The van der Waals surface area contributed by atoms with Crippen molar-refractivity contribution in [1.29, 1.82) is 0 Å². The highest BCUT2D eigenvalue weighted by Crippen LogP contribution is 2.22. The molecule has 1 aromatic carbocycles. The summed E-state index contributed by atoms with van der Waals surface area (Å²) >= 11 is 1.15. The summed E-state index contributed by atoms with van der Waals surface area (Å²) in [6.45, 7) is 0. The third kappa shape index (κ3) is 3.85. The van der Waals surface area contributed by atoms with Gasteiger partial charge in [0.15, 0.2) is 0 Å². The molecule has 1 aromatic heterocycles. The molecule has 0 spiro atoms. The standard InChI is InChI=1S/C12H8N4O6S/c17-11(13-14-12(18)10-2-1-3-23-10)7-4-8(15(19)20)6-9(5-7)16(21)22/h1-6H,(H,13,17)(H,14,18). The van der Waals surface area contributed by atoms with Crippen molar-refractivity contribution in [3.8, 4) is 0 Å². The molecule has 0 unspecified atom stereocenters. The van der Waals surface area contributed by atoms with Crippen molar-refractivity contribution in [2.45, 2.75) is 0 Å². The van der Waals surface area contributed by atoms with Crippen molar-refractivity contribution in [3.05, 3.63) is 66.4 Å². The summed E-state index contributed by atoms with van der Waals surface area (Å²) in [5.41, 5.74) is 2.63. The third-order valence-corrected chi connectivity index (χ3v) is 3.49. The number of thiophene rings is 1. The zero-order valence-corrected chi connectivity index (χ0v) is 12.0. The van der Waals surface area contributed by atoms with Crippen LogP contribution in [0.5, 0.6) is 0 Å². The van der Waals surface area contributed by atoms with Gasteiger partial charge in [0, 0.05) is 12.1 Å². The molecule has 0 radical (unpaired) electrons. The Morgan fingerprint density at radius 1 is 0.957 bits per heavy atom. The van der Waals surface area contributed by atoms with E-state index in [2.05, 4.69) is 5.43 Å². The molecule has 118 valence electrons. The lowest BCUT2D eigenvalue weighted by atomic mass is 10.1. The smallest absolute Gasteiger partial charge is 0.267 e. The Hall–Kier alpha value is -3.34. The van der Waals surface area contributed by atoms with E-state index in [4.69, 9.17) is 0 Å². The van der Waals surface area contributed by atoms with E-state index in [-0.39, 0.29) is 5.56 Å². The van der Waals surface area contributed by atoms with Crippen molar-refractivity contribution in [1.82, 2.24) is 10.9 Å². The lowest BCUT2D eigenvalue weighted by molar-refractivity contribution is -0.394. The fourth-order valence-electron chi connectivity index (χ4n) is 1.59. The number of nitrogens with zero attached hydrogens (tertiary/aromatic N) is 2. The topological polar surface area (TPSA) is 144 Å². The molecule has 2 amide bonds. The summed E-state index contributed by atoms with van der Waals surface area (Å²) in [7, 11) is 0. The molecular weight excluding hydrogens is 328 g/mol. The fraction of sp³-hybridized carbons (Fsp3) is 0. The zero-order chi connectivity index (χ0) is 17.0. The molecular formula is C12H8N4O6S. The van der Waals surface area contributed by atoms with Crippen LogP contribution in [0.2, 0.25) is 0 Å². The summed E-state index contributed by atoms with van der Waals surface area (Å²) < 4.78 is 0. The molecule has 2 rings (SSSR count). The van der Waals surface area contributed by atoms with Gasteiger partial charge in [0.05, 0.1) is 26.4 Å². The van der Waals surface area contributed by atoms with Gasteiger partial charge in [0.1, 0.15) is 0 Å². The third-order valence-electron chi connectivity index (χ3n) is 2.62. The molecule has 10 nitrogen and oxygen atoms in total. The average molecular weight is 336 g/mol. The summed E-state index contributed by atoms with van der Waals surface area (Å²) in [4.78, 5) is 43.7. The van der Waals surface area contributed by atoms with Crippen molar-refractivity contribution in [2.24, 2.45) is 0 Å². The normalized spacial score (nSPS) is 9.91. The molecule has 23 heavy (non-hydrogen) atoms. The Labute approximate surface area is 132 Å². The number of hydrazine groups is 1. The highest BCUT2D eigenvalue weighted by atomic mass is 32.1. The maximum Gasteiger partial charge on any atom is 0.279 e. The minimum absolute atomic E-state index is 0.322. The van der Waals surface area contributed by atoms with Gasteiger partial charge in [-0.2, -0.15) is 0 Å². The van der Waals surface area contributed by atoms with Gasteiger partial charge in [0.25, 0.3) is 23.2 Å². The van der Waals surface area contributed by atoms with E-state index in [0.29, 0.717) is 4.88 Å². The van der Waals surface area contributed by atoms with Gasteiger partial charge in [0.2, 0.25) is 0 Å². The first-order valence-electron chi connectivity index (χ1n) is 5.96. The average Bonchev–Trinajstić information content (AvgIpc) is 3.06. The lowest BCUT2D eigenvalue weighted by Gasteiger charge is -2.06. The second kappa shape index (κ2) is 6.62. The second-order valence-corrected chi connectivity index (χ2v) is 5.09. The highest BCUT2D eigenvalue weighted by molar-refractivity contribution is 7.12. The second-order valence-electron chi connectivity index (χ2n) is 4.14. The predicted molar refractivity (Wildman–Crippen MR) is 79.0 cm³/mol. The van der Waals surface area contributed by atoms with Crippen LogP contribution in [0.15, 0.2) is 35.7 Å². The first-order chi connectivity index (χ1) is 10.9. The molecule has 0 atom stereocenters. The van der Waals surface area contributed by atoms with Crippen molar-refractivity contribution >= 4 is 34.5 Å². The predicted octanol–water partition coefficient (Wildman–Crippen LogP) is 1.64. The minimum Gasteiger partial charge on any atom is -0.267 e. The Balaban J connectivity index is 2.16. The molecule has 11 heteroatoms. The van der Waals surface area contributed by atoms with Gasteiger partial charge in [-0.1, -0.05) is 6.07 Å². The molecule has 0 aliphatic heterocycles. The SMILES string of the molecule is O=C(NNC(=O)c1cccs1)c1cc([N+](=O)[O-])cc([N+](=O)[O-])c1. The number of amides is 2. The summed E-state index contributed by atoms with van der Waals surface area (Å²) in [5, 5.41) is 23.2. The van der Waals surface area contributed by atoms with Crippen LogP contribution < -0.4 is 10.9 Å². The molecule has 0 aliphatic rings.